The molecule has 3 aromatic carbocycles. The number of aromatic hydroxyl groups is 1. The van der Waals surface area contributed by atoms with E-state index in [-0.39, 0.29) is 11.6 Å². The number of aromatic nitrogens is 3. The lowest BCUT2D eigenvalue weighted by Crippen LogP contribution is -1.84. The van der Waals surface area contributed by atoms with E-state index < -0.39 is 0 Å². The summed E-state index contributed by atoms with van der Waals surface area (Å²) < 4.78 is 13.9. The number of benzene rings is 3. The molecule has 0 aliphatic carbocycles. The fraction of sp³-hybridized carbons (Fsp3) is 0. The van der Waals surface area contributed by atoms with Crippen LogP contribution in [0.15, 0.2) is 70.1 Å². The van der Waals surface area contributed by atoms with Crippen molar-refractivity contribution in [3.8, 4) is 17.4 Å². The van der Waals surface area contributed by atoms with E-state index in [2.05, 4.69) is 18.7 Å². The van der Waals surface area contributed by atoms with Crippen molar-refractivity contribution in [2.45, 2.75) is 0 Å². The molecule has 7 heteroatoms. The normalized spacial score (nSPS) is 11.7. The topological polar surface area (TPSA) is 84.4 Å². The summed E-state index contributed by atoms with van der Waals surface area (Å²) in [7, 11) is 0. The van der Waals surface area contributed by atoms with Crippen molar-refractivity contribution in [2.75, 3.05) is 0 Å². The summed E-state index contributed by atoms with van der Waals surface area (Å²) >= 11 is 1.14. The molecule has 0 fully saturated rings. The van der Waals surface area contributed by atoms with Crippen LogP contribution in [0.4, 0.5) is 5.69 Å². The minimum atomic E-state index is -0.273. The minimum Gasteiger partial charge on any atom is -0.479 e. The van der Waals surface area contributed by atoms with Gasteiger partial charge in [0.05, 0.1) is 23.6 Å². The van der Waals surface area contributed by atoms with E-state index in [1.165, 1.54) is 6.21 Å². The van der Waals surface area contributed by atoms with Gasteiger partial charge in [0.15, 0.2) is 5.69 Å². The van der Waals surface area contributed by atoms with Gasteiger partial charge in [-0.3, -0.25) is 4.99 Å². The second-order valence-electron chi connectivity index (χ2n) is 5.90. The van der Waals surface area contributed by atoms with Crippen LogP contribution >= 0.6 is 11.7 Å². The van der Waals surface area contributed by atoms with Crippen molar-refractivity contribution in [2.24, 2.45) is 4.99 Å². The zero-order valence-electron chi connectivity index (χ0n) is 13.9. The number of hydrogen-bond donors (Lipinski definition) is 1. The van der Waals surface area contributed by atoms with Crippen LogP contribution in [0.25, 0.3) is 33.3 Å². The predicted molar refractivity (Wildman–Crippen MR) is 106 cm³/mol. The molecule has 0 radical (unpaired) electrons. The Balaban J connectivity index is 1.56. The highest BCUT2D eigenvalue weighted by Gasteiger charge is 2.14. The summed E-state index contributed by atoms with van der Waals surface area (Å²) in [4.78, 5) is 8.82. The van der Waals surface area contributed by atoms with E-state index in [0.717, 1.165) is 39.1 Å². The van der Waals surface area contributed by atoms with Gasteiger partial charge in [-0.05, 0) is 29.0 Å². The first-order valence-corrected chi connectivity index (χ1v) is 8.96. The SMILES string of the molecule is Oc1oc(-c2cccc3ccccc23)nc1C=Nc1cccc2nsnc12. The molecule has 5 aromatic rings. The third kappa shape index (κ3) is 2.74. The monoisotopic (exact) mass is 372 g/mol. The molecule has 0 bridgehead atoms. The average molecular weight is 372 g/mol. The van der Waals surface area contributed by atoms with Gasteiger partial charge in [-0.1, -0.05) is 42.5 Å². The lowest BCUT2D eigenvalue weighted by atomic mass is 10.0. The third-order valence-electron chi connectivity index (χ3n) is 4.25. The highest BCUT2D eigenvalue weighted by Crippen LogP contribution is 2.31. The molecule has 0 unspecified atom stereocenters. The van der Waals surface area contributed by atoms with Crippen molar-refractivity contribution in [1.82, 2.24) is 13.7 Å². The van der Waals surface area contributed by atoms with Crippen molar-refractivity contribution in [3.63, 3.8) is 0 Å². The van der Waals surface area contributed by atoms with Crippen LogP contribution in [0, 0.1) is 0 Å². The summed E-state index contributed by atoms with van der Waals surface area (Å²) in [6.45, 7) is 0. The third-order valence-corrected chi connectivity index (χ3v) is 4.79. The summed E-state index contributed by atoms with van der Waals surface area (Å²) in [6.07, 6.45) is 1.47. The summed E-state index contributed by atoms with van der Waals surface area (Å²) in [6, 6.07) is 19.4. The van der Waals surface area contributed by atoms with Crippen LogP contribution in [0.5, 0.6) is 5.95 Å². The quantitative estimate of drug-likeness (QED) is 0.453. The molecule has 130 valence electrons. The lowest BCUT2D eigenvalue weighted by molar-refractivity contribution is 0.337. The molecule has 5 rings (SSSR count). The van der Waals surface area contributed by atoms with E-state index in [9.17, 15) is 5.11 Å². The van der Waals surface area contributed by atoms with Crippen LogP contribution in [-0.4, -0.2) is 25.1 Å². The van der Waals surface area contributed by atoms with Gasteiger partial charge in [0.1, 0.15) is 11.0 Å². The number of oxazole rings is 1. The maximum Gasteiger partial charge on any atom is 0.312 e. The molecule has 6 nitrogen and oxygen atoms in total. The van der Waals surface area contributed by atoms with Gasteiger partial charge < -0.3 is 9.52 Å². The summed E-state index contributed by atoms with van der Waals surface area (Å²) in [5, 5.41) is 12.2. The van der Waals surface area contributed by atoms with Gasteiger partial charge in [-0.25, -0.2) is 4.98 Å². The molecule has 2 heterocycles. The smallest absolute Gasteiger partial charge is 0.312 e. The number of nitrogens with zero attached hydrogens (tertiary/aromatic N) is 4. The molecule has 0 aliphatic heterocycles. The largest absolute Gasteiger partial charge is 0.479 e. The van der Waals surface area contributed by atoms with Gasteiger partial charge in [0, 0.05) is 5.56 Å². The van der Waals surface area contributed by atoms with E-state index in [4.69, 9.17) is 4.42 Å². The first-order chi connectivity index (χ1) is 13.3. The number of rotatable bonds is 3. The lowest BCUT2D eigenvalue weighted by Gasteiger charge is -2.01. The molecule has 1 N–H and O–H groups in total. The maximum atomic E-state index is 10.2. The molecule has 2 aromatic heterocycles. The van der Waals surface area contributed by atoms with Crippen molar-refractivity contribution in [1.29, 1.82) is 0 Å². The Labute approximate surface area is 157 Å². The fourth-order valence-electron chi connectivity index (χ4n) is 2.96. The first-order valence-electron chi connectivity index (χ1n) is 8.23. The van der Waals surface area contributed by atoms with Crippen molar-refractivity contribution in [3.05, 3.63) is 66.4 Å². The van der Waals surface area contributed by atoms with Crippen molar-refractivity contribution >= 4 is 45.4 Å². The molecule has 0 atom stereocenters. The van der Waals surface area contributed by atoms with Crippen LogP contribution < -0.4 is 0 Å². The molecular weight excluding hydrogens is 360 g/mol. The van der Waals surface area contributed by atoms with E-state index in [0.29, 0.717) is 11.6 Å². The van der Waals surface area contributed by atoms with Gasteiger partial charge >= 0.3 is 5.95 Å². The van der Waals surface area contributed by atoms with Crippen LogP contribution in [0.1, 0.15) is 5.69 Å². The predicted octanol–water partition coefficient (Wildman–Crippen LogP) is 4.96. The van der Waals surface area contributed by atoms with Crippen LogP contribution in [0.3, 0.4) is 0 Å². The van der Waals surface area contributed by atoms with Gasteiger partial charge in [0.25, 0.3) is 0 Å². The number of aliphatic imine (C=N–C) groups is 1. The highest BCUT2D eigenvalue weighted by atomic mass is 32.1. The molecular formula is C20H12N4O2S. The Hall–Kier alpha value is -3.58. The first kappa shape index (κ1) is 15.7. The van der Waals surface area contributed by atoms with E-state index in [1.807, 2.05) is 60.7 Å². The molecule has 0 saturated carbocycles. The molecule has 0 spiro atoms. The maximum absolute atomic E-state index is 10.2. The fourth-order valence-corrected chi connectivity index (χ4v) is 3.51. The second-order valence-corrected chi connectivity index (χ2v) is 6.43. The standard InChI is InChI=1S/C20H12N4O2S/c25-20-17(11-21-15-9-4-10-16-18(15)24-27-23-16)22-19(26-20)14-8-3-6-12-5-1-2-7-13(12)14/h1-11,25H. The Bertz CT molecular complexity index is 1300. The Morgan fingerprint density at radius 1 is 0.963 bits per heavy atom. The molecule has 0 amide bonds. The summed E-state index contributed by atoms with van der Waals surface area (Å²) in [5.74, 6) is 0.0737. The zero-order valence-corrected chi connectivity index (χ0v) is 14.7. The van der Waals surface area contributed by atoms with E-state index >= 15 is 0 Å². The van der Waals surface area contributed by atoms with E-state index in [1.54, 1.807) is 0 Å². The Morgan fingerprint density at radius 3 is 2.78 bits per heavy atom. The highest BCUT2D eigenvalue weighted by molar-refractivity contribution is 7.00. The van der Waals surface area contributed by atoms with Crippen LogP contribution in [0.2, 0.25) is 0 Å². The zero-order chi connectivity index (χ0) is 18.2. The van der Waals surface area contributed by atoms with Gasteiger partial charge in [0.2, 0.25) is 5.89 Å². The number of fused-ring (bicyclic) bond motifs is 2. The summed E-state index contributed by atoms with van der Waals surface area (Å²) in [5.41, 5.74) is 3.24. The Kier molecular flexibility index (Phi) is 3.65. The van der Waals surface area contributed by atoms with Crippen LogP contribution in [-0.2, 0) is 0 Å². The molecule has 0 aliphatic rings. The Morgan fingerprint density at radius 2 is 1.81 bits per heavy atom. The van der Waals surface area contributed by atoms with Gasteiger partial charge in [-0.2, -0.15) is 8.75 Å². The average Bonchev–Trinajstić information content (AvgIpc) is 3.32. The minimum absolute atomic E-state index is 0.262. The molecule has 0 saturated heterocycles. The van der Waals surface area contributed by atoms with Gasteiger partial charge in [-0.15, -0.1) is 0 Å². The number of hydrogen-bond acceptors (Lipinski definition) is 7. The molecule has 27 heavy (non-hydrogen) atoms. The second kappa shape index (κ2) is 6.30. The van der Waals surface area contributed by atoms with Crippen molar-refractivity contribution < 1.29 is 9.52 Å².